The van der Waals surface area contributed by atoms with Crippen molar-refractivity contribution in [3.63, 3.8) is 0 Å². The summed E-state index contributed by atoms with van der Waals surface area (Å²) in [5, 5.41) is 3.26. The van der Waals surface area contributed by atoms with Gasteiger partial charge in [0.25, 0.3) is 5.91 Å². The Morgan fingerprint density at radius 1 is 1.23 bits per heavy atom. The molecule has 2 saturated heterocycles. The number of nitrogens with zero attached hydrogens (tertiary/aromatic N) is 2. The number of benzene rings is 1. The zero-order chi connectivity index (χ0) is 25.6. The van der Waals surface area contributed by atoms with Crippen LogP contribution in [0.1, 0.15) is 50.4 Å². The van der Waals surface area contributed by atoms with Crippen molar-refractivity contribution in [2.24, 2.45) is 5.92 Å². The summed E-state index contributed by atoms with van der Waals surface area (Å²) in [6.07, 6.45) is 2.51. The van der Waals surface area contributed by atoms with Crippen LogP contribution in [0.3, 0.4) is 0 Å². The van der Waals surface area contributed by atoms with Gasteiger partial charge in [-0.15, -0.1) is 0 Å². The average Bonchev–Trinajstić information content (AvgIpc) is 3.03. The minimum Gasteiger partial charge on any atom is -0.496 e. The second-order valence-electron chi connectivity index (χ2n) is 10.3. The number of hydrogen-bond acceptors (Lipinski definition) is 7. The van der Waals surface area contributed by atoms with E-state index in [0.29, 0.717) is 41.1 Å². The first kappa shape index (κ1) is 27.4. The van der Waals surface area contributed by atoms with E-state index < -0.39 is 5.60 Å². The van der Waals surface area contributed by atoms with Crippen molar-refractivity contribution < 1.29 is 23.8 Å². The second kappa shape index (κ2) is 12.1. The first-order valence-electron chi connectivity index (χ1n) is 12.3. The standard InChI is InChI=1S/C25H39ClN4O5/c1-25(2,3)35-24(32)30-9-6-17(7-10-30)15-29-8-5-11-34-18(16-29)14-28-23(31)19-12-20(26)21(27)13-22(19)33-4/h12-13,17-18H,5-11,14-16,27H2,1-4H3,(H,28,31). The predicted molar refractivity (Wildman–Crippen MR) is 136 cm³/mol. The lowest BCUT2D eigenvalue weighted by Crippen LogP contribution is -2.45. The number of piperidine rings is 1. The Hall–Kier alpha value is -2.23. The Labute approximate surface area is 213 Å². The molecule has 196 valence electrons. The van der Waals surface area contributed by atoms with E-state index in [1.807, 2.05) is 25.7 Å². The Bertz CT molecular complexity index is 883. The van der Waals surface area contributed by atoms with E-state index >= 15 is 0 Å². The van der Waals surface area contributed by atoms with Crippen molar-refractivity contribution in [3.8, 4) is 5.75 Å². The fraction of sp³-hybridized carbons (Fsp3) is 0.680. The number of nitrogens with one attached hydrogen (secondary N) is 1. The molecule has 1 atom stereocenters. The van der Waals surface area contributed by atoms with Crippen LogP contribution in [0.4, 0.5) is 10.5 Å². The van der Waals surface area contributed by atoms with Crippen molar-refractivity contribution in [3.05, 3.63) is 22.7 Å². The highest BCUT2D eigenvalue weighted by atomic mass is 35.5. The van der Waals surface area contributed by atoms with Crippen LogP contribution in [0.25, 0.3) is 0 Å². The number of nitrogens with two attached hydrogens (primary N) is 1. The molecule has 10 heteroatoms. The molecule has 2 heterocycles. The number of methoxy groups -OCH3 is 1. The third-order valence-electron chi connectivity index (χ3n) is 6.27. The van der Waals surface area contributed by atoms with Gasteiger partial charge in [0, 0.05) is 51.9 Å². The van der Waals surface area contributed by atoms with Gasteiger partial charge in [-0.25, -0.2) is 4.79 Å². The molecular weight excluding hydrogens is 472 g/mol. The number of likely N-dealkylation sites (tertiary alicyclic amines) is 1. The van der Waals surface area contributed by atoms with Crippen molar-refractivity contribution in [2.75, 3.05) is 58.7 Å². The summed E-state index contributed by atoms with van der Waals surface area (Å²) in [5.41, 5.74) is 6.04. The maximum absolute atomic E-state index is 12.8. The molecule has 2 aliphatic rings. The fourth-order valence-electron chi connectivity index (χ4n) is 4.47. The first-order chi connectivity index (χ1) is 16.6. The number of carbonyl (C=O) groups excluding carboxylic acids is 2. The van der Waals surface area contributed by atoms with E-state index in [9.17, 15) is 9.59 Å². The lowest BCUT2D eigenvalue weighted by Gasteiger charge is -2.35. The highest BCUT2D eigenvalue weighted by Crippen LogP contribution is 2.29. The molecule has 1 unspecified atom stereocenters. The Morgan fingerprint density at radius 3 is 2.60 bits per heavy atom. The van der Waals surface area contributed by atoms with Gasteiger partial charge in [0.15, 0.2) is 0 Å². The average molecular weight is 511 g/mol. The highest BCUT2D eigenvalue weighted by molar-refractivity contribution is 6.33. The second-order valence-corrected chi connectivity index (χ2v) is 10.7. The van der Waals surface area contributed by atoms with Gasteiger partial charge in [-0.2, -0.15) is 0 Å². The van der Waals surface area contributed by atoms with E-state index in [1.165, 1.54) is 13.2 Å². The van der Waals surface area contributed by atoms with Gasteiger partial charge in [-0.05, 0) is 52.0 Å². The number of rotatable bonds is 6. The Kier molecular flexibility index (Phi) is 9.49. The molecule has 2 fully saturated rings. The maximum Gasteiger partial charge on any atom is 0.410 e. The SMILES string of the molecule is COc1cc(N)c(Cl)cc1C(=O)NCC1CN(CC2CCN(C(=O)OC(C)(C)C)CC2)CCCO1. The summed E-state index contributed by atoms with van der Waals surface area (Å²) in [4.78, 5) is 29.3. The van der Waals surface area contributed by atoms with Crippen molar-refractivity contribution in [1.82, 2.24) is 15.1 Å². The largest absolute Gasteiger partial charge is 0.496 e. The summed E-state index contributed by atoms with van der Waals surface area (Å²) >= 11 is 6.10. The summed E-state index contributed by atoms with van der Waals surface area (Å²) < 4.78 is 16.8. The van der Waals surface area contributed by atoms with E-state index in [4.69, 9.17) is 31.5 Å². The first-order valence-corrected chi connectivity index (χ1v) is 12.7. The maximum atomic E-state index is 12.8. The molecule has 2 aliphatic heterocycles. The highest BCUT2D eigenvalue weighted by Gasteiger charge is 2.29. The van der Waals surface area contributed by atoms with Crippen LogP contribution in [0.15, 0.2) is 12.1 Å². The van der Waals surface area contributed by atoms with Crippen molar-refractivity contribution in [1.29, 1.82) is 0 Å². The molecule has 0 aliphatic carbocycles. The lowest BCUT2D eigenvalue weighted by atomic mass is 9.96. The number of halogens is 1. The smallest absolute Gasteiger partial charge is 0.410 e. The molecule has 0 radical (unpaired) electrons. The van der Waals surface area contributed by atoms with Crippen LogP contribution < -0.4 is 15.8 Å². The molecule has 3 N–H and O–H groups in total. The molecule has 3 rings (SSSR count). The summed E-state index contributed by atoms with van der Waals surface area (Å²) in [6.45, 7) is 10.8. The monoisotopic (exact) mass is 510 g/mol. The molecule has 2 amide bonds. The molecule has 0 saturated carbocycles. The summed E-state index contributed by atoms with van der Waals surface area (Å²) in [5.74, 6) is 0.617. The molecule has 0 spiro atoms. The predicted octanol–water partition coefficient (Wildman–Crippen LogP) is 3.40. The van der Waals surface area contributed by atoms with E-state index in [0.717, 1.165) is 52.0 Å². The van der Waals surface area contributed by atoms with Crippen molar-refractivity contribution in [2.45, 2.75) is 51.7 Å². The van der Waals surface area contributed by atoms with Gasteiger partial charge in [0.1, 0.15) is 11.4 Å². The third kappa shape index (κ3) is 8.15. The normalized spacial score (nSPS) is 20.3. The molecule has 0 bridgehead atoms. The zero-order valence-electron chi connectivity index (χ0n) is 21.3. The summed E-state index contributed by atoms with van der Waals surface area (Å²) in [7, 11) is 1.49. The van der Waals surface area contributed by atoms with Crippen molar-refractivity contribution >= 4 is 29.3 Å². The van der Waals surface area contributed by atoms with Gasteiger partial charge in [-0.1, -0.05) is 11.6 Å². The van der Waals surface area contributed by atoms with Crippen LogP contribution in [-0.2, 0) is 9.47 Å². The number of anilines is 1. The number of ether oxygens (including phenoxy) is 3. The van der Waals surface area contributed by atoms with Crippen LogP contribution in [-0.4, -0.2) is 86.5 Å². The Morgan fingerprint density at radius 2 is 1.94 bits per heavy atom. The quantitative estimate of drug-likeness (QED) is 0.565. The topological polar surface area (TPSA) is 106 Å². The van der Waals surface area contributed by atoms with Gasteiger partial charge >= 0.3 is 6.09 Å². The number of hydrogen-bond donors (Lipinski definition) is 2. The summed E-state index contributed by atoms with van der Waals surface area (Å²) in [6, 6.07) is 3.07. The van der Waals surface area contributed by atoms with Gasteiger partial charge in [0.2, 0.25) is 0 Å². The fourth-order valence-corrected chi connectivity index (χ4v) is 4.63. The minimum atomic E-state index is -0.477. The lowest BCUT2D eigenvalue weighted by molar-refractivity contribution is 0.0160. The van der Waals surface area contributed by atoms with Crippen LogP contribution in [0, 0.1) is 5.92 Å². The number of nitrogen functional groups attached to an aromatic ring is 1. The Balaban J connectivity index is 1.48. The molecule has 1 aromatic carbocycles. The van der Waals surface area contributed by atoms with Crippen LogP contribution >= 0.6 is 11.6 Å². The molecule has 35 heavy (non-hydrogen) atoms. The van der Waals surface area contributed by atoms with Crippen LogP contribution in [0.2, 0.25) is 5.02 Å². The molecular formula is C25H39ClN4O5. The van der Waals surface area contributed by atoms with E-state index in [2.05, 4.69) is 10.2 Å². The number of amides is 2. The molecule has 0 aromatic heterocycles. The van der Waals surface area contributed by atoms with Gasteiger partial charge in [0.05, 0.1) is 29.5 Å². The molecule has 1 aromatic rings. The number of carbonyl (C=O) groups is 2. The van der Waals surface area contributed by atoms with E-state index in [-0.39, 0.29) is 18.1 Å². The zero-order valence-corrected chi connectivity index (χ0v) is 22.0. The third-order valence-corrected chi connectivity index (χ3v) is 6.60. The van der Waals surface area contributed by atoms with Crippen LogP contribution in [0.5, 0.6) is 5.75 Å². The molecule has 9 nitrogen and oxygen atoms in total. The minimum absolute atomic E-state index is 0.112. The van der Waals surface area contributed by atoms with Gasteiger partial charge in [-0.3, -0.25) is 4.79 Å². The van der Waals surface area contributed by atoms with E-state index in [1.54, 1.807) is 6.07 Å². The van der Waals surface area contributed by atoms with Gasteiger partial charge < -0.3 is 35.1 Å².